The Kier molecular flexibility index (Phi) is 3.64. The molecule has 0 fully saturated rings. The van der Waals surface area contributed by atoms with Crippen LogP contribution in [0.1, 0.15) is 18.5 Å². The topological polar surface area (TPSA) is 22.0 Å². The standard InChI is InChI=1S/C17H13BrFNO/c1-11(12-5-3-2-4-6-12)20-10-16(19)14-8-7-13(18)9-15(14)17(20)21/h2-11H,1H3. The molecule has 0 aliphatic rings. The van der Waals surface area contributed by atoms with E-state index >= 15 is 0 Å². The summed E-state index contributed by atoms with van der Waals surface area (Å²) in [4.78, 5) is 12.6. The molecule has 4 heteroatoms. The van der Waals surface area contributed by atoms with Crippen molar-refractivity contribution in [2.24, 2.45) is 0 Å². The minimum absolute atomic E-state index is 0.191. The van der Waals surface area contributed by atoms with E-state index in [9.17, 15) is 9.18 Å². The fourth-order valence-corrected chi connectivity index (χ4v) is 2.83. The summed E-state index contributed by atoms with van der Waals surface area (Å²) >= 11 is 3.33. The Bertz CT molecular complexity index is 858. The van der Waals surface area contributed by atoms with E-state index < -0.39 is 0 Å². The summed E-state index contributed by atoms with van der Waals surface area (Å²) in [7, 11) is 0. The Morgan fingerprint density at radius 1 is 1.10 bits per heavy atom. The summed E-state index contributed by atoms with van der Waals surface area (Å²) in [6.07, 6.45) is 1.29. The normalized spacial score (nSPS) is 12.5. The first kappa shape index (κ1) is 14.0. The van der Waals surface area contributed by atoms with Gasteiger partial charge in [-0.05, 0) is 24.6 Å². The third-order valence-electron chi connectivity index (χ3n) is 3.66. The van der Waals surface area contributed by atoms with Gasteiger partial charge in [0.15, 0.2) is 0 Å². The molecular formula is C17H13BrFNO. The molecule has 0 radical (unpaired) electrons. The second-order valence-electron chi connectivity index (χ2n) is 4.97. The van der Waals surface area contributed by atoms with Crippen LogP contribution in [0.4, 0.5) is 4.39 Å². The van der Waals surface area contributed by atoms with Crippen LogP contribution in [0, 0.1) is 5.82 Å². The second kappa shape index (κ2) is 5.45. The monoisotopic (exact) mass is 345 g/mol. The molecule has 0 spiro atoms. The lowest BCUT2D eigenvalue weighted by Gasteiger charge is -2.16. The lowest BCUT2D eigenvalue weighted by atomic mass is 10.1. The van der Waals surface area contributed by atoms with Gasteiger partial charge in [-0.1, -0.05) is 52.3 Å². The van der Waals surface area contributed by atoms with E-state index in [0.717, 1.165) is 10.0 Å². The molecule has 0 aliphatic heterocycles. The number of rotatable bonds is 2. The summed E-state index contributed by atoms with van der Waals surface area (Å²) in [6.45, 7) is 1.89. The summed E-state index contributed by atoms with van der Waals surface area (Å²) < 4.78 is 16.5. The molecule has 0 N–H and O–H groups in total. The number of pyridine rings is 1. The molecular weight excluding hydrogens is 333 g/mol. The molecule has 1 atom stereocenters. The predicted molar refractivity (Wildman–Crippen MR) is 86.1 cm³/mol. The molecule has 1 aromatic heterocycles. The van der Waals surface area contributed by atoms with Crippen LogP contribution >= 0.6 is 15.9 Å². The number of benzene rings is 2. The van der Waals surface area contributed by atoms with Gasteiger partial charge in [0, 0.05) is 16.1 Å². The van der Waals surface area contributed by atoms with Crippen molar-refractivity contribution in [2.45, 2.75) is 13.0 Å². The minimum atomic E-state index is -0.389. The van der Waals surface area contributed by atoms with E-state index in [0.29, 0.717) is 10.8 Å². The highest BCUT2D eigenvalue weighted by Crippen LogP contribution is 2.22. The maximum Gasteiger partial charge on any atom is 0.259 e. The SMILES string of the molecule is CC(c1ccccc1)n1cc(F)c2ccc(Br)cc2c1=O. The molecule has 0 saturated heterocycles. The molecule has 3 rings (SSSR count). The molecule has 0 saturated carbocycles. The van der Waals surface area contributed by atoms with Gasteiger partial charge in [0.05, 0.1) is 11.4 Å². The van der Waals surface area contributed by atoms with Crippen molar-refractivity contribution >= 4 is 26.7 Å². The molecule has 106 valence electrons. The quantitative estimate of drug-likeness (QED) is 0.669. The maximum absolute atomic E-state index is 14.3. The maximum atomic E-state index is 14.3. The van der Waals surface area contributed by atoms with Crippen LogP contribution in [0.25, 0.3) is 10.8 Å². The molecule has 3 aromatic rings. The second-order valence-corrected chi connectivity index (χ2v) is 5.88. The van der Waals surface area contributed by atoms with Gasteiger partial charge in [0.1, 0.15) is 5.82 Å². The van der Waals surface area contributed by atoms with Crippen LogP contribution in [-0.4, -0.2) is 4.57 Å². The van der Waals surface area contributed by atoms with Crippen LogP contribution in [0.5, 0.6) is 0 Å². The minimum Gasteiger partial charge on any atom is -0.305 e. The first-order valence-corrected chi connectivity index (χ1v) is 7.42. The molecule has 2 nitrogen and oxygen atoms in total. The van der Waals surface area contributed by atoms with Gasteiger partial charge in [-0.25, -0.2) is 4.39 Å². The van der Waals surface area contributed by atoms with E-state index in [-0.39, 0.29) is 17.4 Å². The Labute approximate surface area is 130 Å². The largest absolute Gasteiger partial charge is 0.305 e. The predicted octanol–water partition coefficient (Wildman–Crippen LogP) is 4.51. The highest BCUT2D eigenvalue weighted by Gasteiger charge is 2.14. The smallest absolute Gasteiger partial charge is 0.259 e. The molecule has 1 unspecified atom stereocenters. The molecule has 1 heterocycles. The zero-order chi connectivity index (χ0) is 15.0. The average molecular weight is 346 g/mol. The number of hydrogen-bond acceptors (Lipinski definition) is 1. The van der Waals surface area contributed by atoms with E-state index in [1.54, 1.807) is 18.2 Å². The Hall–Kier alpha value is -1.94. The van der Waals surface area contributed by atoms with Crippen molar-refractivity contribution in [2.75, 3.05) is 0 Å². The molecule has 2 aromatic carbocycles. The number of hydrogen-bond donors (Lipinski definition) is 0. The van der Waals surface area contributed by atoms with Crippen LogP contribution in [-0.2, 0) is 0 Å². The van der Waals surface area contributed by atoms with Crippen molar-refractivity contribution in [1.82, 2.24) is 4.57 Å². The fourth-order valence-electron chi connectivity index (χ4n) is 2.47. The van der Waals surface area contributed by atoms with Gasteiger partial charge in [-0.15, -0.1) is 0 Å². The highest BCUT2D eigenvalue weighted by molar-refractivity contribution is 9.10. The molecule has 0 amide bonds. The lowest BCUT2D eigenvalue weighted by molar-refractivity contribution is 0.568. The highest BCUT2D eigenvalue weighted by atomic mass is 79.9. The summed E-state index contributed by atoms with van der Waals surface area (Å²) in [5.41, 5.74) is 0.775. The van der Waals surface area contributed by atoms with E-state index in [2.05, 4.69) is 15.9 Å². The fraction of sp³-hybridized carbons (Fsp3) is 0.118. The van der Waals surface area contributed by atoms with Crippen LogP contribution in [0.3, 0.4) is 0 Å². The van der Waals surface area contributed by atoms with Gasteiger partial charge in [-0.3, -0.25) is 4.79 Å². The van der Waals surface area contributed by atoms with Crippen molar-refractivity contribution < 1.29 is 4.39 Å². The Morgan fingerprint density at radius 2 is 1.81 bits per heavy atom. The van der Waals surface area contributed by atoms with E-state index in [1.165, 1.54) is 10.8 Å². The van der Waals surface area contributed by atoms with E-state index in [1.807, 2.05) is 37.3 Å². The number of nitrogens with zero attached hydrogens (tertiary/aromatic N) is 1. The first-order valence-electron chi connectivity index (χ1n) is 6.63. The first-order chi connectivity index (χ1) is 10.1. The lowest BCUT2D eigenvalue weighted by Crippen LogP contribution is -2.24. The van der Waals surface area contributed by atoms with Crippen LogP contribution < -0.4 is 5.56 Å². The number of halogens is 2. The Balaban J connectivity index is 2.24. The summed E-state index contributed by atoms with van der Waals surface area (Å²) in [5.74, 6) is -0.389. The average Bonchev–Trinajstić information content (AvgIpc) is 2.51. The van der Waals surface area contributed by atoms with Gasteiger partial charge in [-0.2, -0.15) is 0 Å². The number of aromatic nitrogens is 1. The molecule has 0 aliphatic carbocycles. The summed E-state index contributed by atoms with van der Waals surface area (Å²) in [6, 6.07) is 14.4. The van der Waals surface area contributed by atoms with Crippen LogP contribution in [0.2, 0.25) is 0 Å². The zero-order valence-corrected chi connectivity index (χ0v) is 13.0. The van der Waals surface area contributed by atoms with Gasteiger partial charge in [0.2, 0.25) is 0 Å². The molecule has 0 bridgehead atoms. The van der Waals surface area contributed by atoms with Crippen molar-refractivity contribution in [3.63, 3.8) is 0 Å². The summed E-state index contributed by atoms with van der Waals surface area (Å²) in [5, 5.41) is 0.729. The van der Waals surface area contributed by atoms with Crippen LogP contribution in [0.15, 0.2) is 64.0 Å². The third kappa shape index (κ3) is 2.51. The van der Waals surface area contributed by atoms with Gasteiger partial charge >= 0.3 is 0 Å². The van der Waals surface area contributed by atoms with Gasteiger partial charge in [0.25, 0.3) is 5.56 Å². The van der Waals surface area contributed by atoms with Crippen molar-refractivity contribution in [3.8, 4) is 0 Å². The van der Waals surface area contributed by atoms with Gasteiger partial charge < -0.3 is 4.57 Å². The zero-order valence-electron chi connectivity index (χ0n) is 11.4. The van der Waals surface area contributed by atoms with Crippen molar-refractivity contribution in [3.05, 3.63) is 80.9 Å². The number of fused-ring (bicyclic) bond motifs is 1. The van der Waals surface area contributed by atoms with Crippen molar-refractivity contribution in [1.29, 1.82) is 0 Å². The Morgan fingerprint density at radius 3 is 2.52 bits per heavy atom. The van der Waals surface area contributed by atoms with E-state index in [4.69, 9.17) is 0 Å². The molecule has 21 heavy (non-hydrogen) atoms. The third-order valence-corrected chi connectivity index (χ3v) is 4.15.